The van der Waals surface area contributed by atoms with Crippen molar-refractivity contribution in [3.05, 3.63) is 72.0 Å². The van der Waals surface area contributed by atoms with Crippen LogP contribution in [0.15, 0.2) is 54.7 Å². The zero-order valence-electron chi connectivity index (χ0n) is 21.1. The van der Waals surface area contributed by atoms with E-state index >= 15 is 0 Å². The summed E-state index contributed by atoms with van der Waals surface area (Å²) >= 11 is 3.13. The summed E-state index contributed by atoms with van der Waals surface area (Å²) in [6, 6.07) is 10.2. The van der Waals surface area contributed by atoms with Gasteiger partial charge in [-0.05, 0) is 60.7 Å². The molecule has 0 radical (unpaired) electrons. The quantitative estimate of drug-likeness (QED) is 0.182. The zero-order chi connectivity index (χ0) is 25.9. The predicted octanol–water partition coefficient (Wildman–Crippen LogP) is 4.88. The lowest BCUT2D eigenvalue weighted by molar-refractivity contribution is -0.134. The third-order valence-corrected chi connectivity index (χ3v) is 7.60. The van der Waals surface area contributed by atoms with Crippen LogP contribution in [0.1, 0.15) is 17.8 Å². The molecule has 0 atom stereocenters. The van der Waals surface area contributed by atoms with Crippen molar-refractivity contribution in [3.8, 4) is 11.3 Å². The maximum atomic E-state index is 13.2. The summed E-state index contributed by atoms with van der Waals surface area (Å²) in [6.45, 7) is 1.84. The van der Waals surface area contributed by atoms with Crippen molar-refractivity contribution in [2.24, 2.45) is 0 Å². The number of aromatic nitrogens is 5. The summed E-state index contributed by atoms with van der Waals surface area (Å²) < 4.78 is 25.9. The maximum Gasteiger partial charge on any atom is 0.330 e. The molecule has 3 aromatic heterocycles. The number of rotatable bonds is 8. The van der Waals surface area contributed by atoms with Crippen LogP contribution in [0, 0.1) is 5.82 Å². The molecule has 38 heavy (non-hydrogen) atoms. The van der Waals surface area contributed by atoms with Gasteiger partial charge in [0.2, 0.25) is 0 Å². The van der Waals surface area contributed by atoms with Crippen molar-refractivity contribution in [1.29, 1.82) is 0 Å². The molecule has 0 saturated heterocycles. The van der Waals surface area contributed by atoms with Gasteiger partial charge in [0, 0.05) is 31.8 Å². The van der Waals surface area contributed by atoms with Gasteiger partial charge in [0.05, 0.1) is 36.8 Å². The molecule has 9 nitrogen and oxygen atoms in total. The van der Waals surface area contributed by atoms with Crippen molar-refractivity contribution >= 4 is 66.7 Å². The van der Waals surface area contributed by atoms with Crippen LogP contribution in [0.5, 0.6) is 0 Å². The van der Waals surface area contributed by atoms with Gasteiger partial charge in [0.25, 0.3) is 0 Å². The Bertz CT molecular complexity index is 1460. The van der Waals surface area contributed by atoms with E-state index < -0.39 is 5.97 Å². The number of benzene rings is 1. The summed E-state index contributed by atoms with van der Waals surface area (Å²) in [5, 5.41) is 8.17. The van der Waals surface area contributed by atoms with E-state index in [9.17, 15) is 9.18 Å². The van der Waals surface area contributed by atoms with Crippen LogP contribution in [0.3, 0.4) is 0 Å². The van der Waals surface area contributed by atoms with E-state index in [0.29, 0.717) is 17.2 Å². The van der Waals surface area contributed by atoms with E-state index in [0.717, 1.165) is 36.5 Å². The summed E-state index contributed by atoms with van der Waals surface area (Å²) in [5.41, 5.74) is 5.12. The van der Waals surface area contributed by atoms with Gasteiger partial charge in [-0.1, -0.05) is 18.0 Å². The molecule has 0 bridgehead atoms. The lowest BCUT2D eigenvalue weighted by atomic mass is 10.1. The summed E-state index contributed by atoms with van der Waals surface area (Å²) in [7, 11) is 3.24. The normalized spacial score (nSPS) is 14.1. The van der Waals surface area contributed by atoms with Crippen LogP contribution in [-0.4, -0.2) is 67.6 Å². The Morgan fingerprint density at radius 3 is 2.66 bits per heavy atom. The minimum atomic E-state index is -0.464. The Morgan fingerprint density at radius 2 is 2.00 bits per heavy atom. The number of fused-ring (bicyclic) bond motifs is 1. The first-order chi connectivity index (χ1) is 17.9. The van der Waals surface area contributed by atoms with Gasteiger partial charge in [0.15, 0.2) is 11.5 Å². The third-order valence-electron chi connectivity index (χ3n) is 5.96. The fourth-order valence-corrected chi connectivity index (χ4v) is 5.30. The molecule has 0 fully saturated rings. The predicted molar refractivity (Wildman–Crippen MR) is 158 cm³/mol. The summed E-state index contributed by atoms with van der Waals surface area (Å²) in [6.07, 6.45) is 10.1. The maximum absolute atomic E-state index is 13.2. The van der Waals surface area contributed by atoms with Crippen LogP contribution >= 0.6 is 37.6 Å². The van der Waals surface area contributed by atoms with Crippen molar-refractivity contribution in [2.45, 2.75) is 6.42 Å². The first-order valence-electron chi connectivity index (χ1n) is 11.5. The Morgan fingerprint density at radius 1 is 1.24 bits per heavy atom. The van der Waals surface area contributed by atoms with Gasteiger partial charge in [0.1, 0.15) is 11.5 Å². The molecular formula is C25H28FN7O2S3. The fraction of sp³-hybridized carbons (Fsp3) is 0.240. The molecule has 1 N–H and O–H groups in total. The van der Waals surface area contributed by atoms with Crippen molar-refractivity contribution < 1.29 is 13.9 Å². The van der Waals surface area contributed by atoms with Gasteiger partial charge < -0.3 is 4.74 Å². The van der Waals surface area contributed by atoms with E-state index in [-0.39, 0.29) is 19.3 Å². The number of hydrogen-bond acceptors (Lipinski definition) is 8. The number of esters is 1. The highest BCUT2D eigenvalue weighted by Crippen LogP contribution is 2.31. The molecule has 0 spiro atoms. The highest BCUT2D eigenvalue weighted by Gasteiger charge is 2.20. The van der Waals surface area contributed by atoms with E-state index in [4.69, 9.17) is 14.8 Å². The first-order valence-corrected chi connectivity index (χ1v) is 13.5. The topological polar surface area (TPSA) is 83.7 Å². The molecule has 5 rings (SSSR count). The Kier molecular flexibility index (Phi) is 8.92. The SMILES string of the molecule is COC(=O)/C=C/c1nc2ccc(C3=CCN(SC)CC3)nn2c1N(C)Sn1cc(-c2ccc(F)cc2)[nH]1.S. The molecule has 13 heteroatoms. The van der Waals surface area contributed by atoms with E-state index in [1.807, 2.05) is 33.8 Å². The average Bonchev–Trinajstić information content (AvgIpc) is 3.27. The van der Waals surface area contributed by atoms with Crippen molar-refractivity contribution in [2.75, 3.05) is 37.8 Å². The van der Waals surface area contributed by atoms with Crippen LogP contribution in [-0.2, 0) is 9.53 Å². The average molecular weight is 574 g/mol. The molecule has 0 saturated carbocycles. The number of methoxy groups -OCH3 is 1. The van der Waals surface area contributed by atoms with Crippen LogP contribution < -0.4 is 4.31 Å². The van der Waals surface area contributed by atoms with Crippen molar-refractivity contribution in [1.82, 2.24) is 28.1 Å². The van der Waals surface area contributed by atoms with Gasteiger partial charge in [-0.25, -0.2) is 22.6 Å². The van der Waals surface area contributed by atoms with E-state index in [1.165, 1.54) is 43.0 Å². The van der Waals surface area contributed by atoms with Crippen LogP contribution in [0.4, 0.5) is 10.2 Å². The molecule has 0 unspecified atom stereocenters. The van der Waals surface area contributed by atoms with E-state index in [1.54, 1.807) is 34.7 Å². The molecule has 1 aliphatic heterocycles. The highest BCUT2D eigenvalue weighted by atomic mass is 32.2. The number of aromatic amines is 1. The third kappa shape index (κ3) is 5.96. The second-order valence-electron chi connectivity index (χ2n) is 8.28. The lowest BCUT2D eigenvalue weighted by Gasteiger charge is -2.24. The minimum Gasteiger partial charge on any atom is -0.466 e. The smallest absolute Gasteiger partial charge is 0.330 e. The summed E-state index contributed by atoms with van der Waals surface area (Å²) in [5.74, 6) is -0.0317. The Balaban J connectivity index is 0.00000336. The molecule has 1 aromatic carbocycles. The molecular weight excluding hydrogens is 546 g/mol. The molecule has 200 valence electrons. The standard InChI is InChI=1S/C25H26FN7O2S2.H2S/c1-30(37-32-16-22(28-32)17-4-6-19(26)7-5-17)25-21(9-11-24(34)35-2)27-23-10-8-20(29-33(23)25)18-12-14-31(36-3)15-13-18;/h4-12,16,28H,13-15H2,1-3H3;1H2/b11-9+;. The molecule has 4 heterocycles. The van der Waals surface area contributed by atoms with Gasteiger partial charge in [-0.15, -0.1) is 0 Å². The number of imidazole rings is 1. The minimum absolute atomic E-state index is 0. The largest absolute Gasteiger partial charge is 0.466 e. The number of nitrogens with zero attached hydrogens (tertiary/aromatic N) is 6. The van der Waals surface area contributed by atoms with Gasteiger partial charge in [-0.2, -0.15) is 23.1 Å². The highest BCUT2D eigenvalue weighted by molar-refractivity contribution is 7.99. The number of halogens is 1. The monoisotopic (exact) mass is 573 g/mol. The Hall–Kier alpha value is -3.13. The van der Waals surface area contributed by atoms with Crippen molar-refractivity contribution in [3.63, 3.8) is 0 Å². The first kappa shape index (κ1) is 27.9. The molecule has 4 aromatic rings. The molecule has 0 amide bonds. The number of nitrogens with one attached hydrogen (secondary N) is 1. The van der Waals surface area contributed by atoms with Crippen LogP contribution in [0.25, 0.3) is 28.6 Å². The Labute approximate surface area is 235 Å². The number of hydrogen-bond donors (Lipinski definition) is 1. The number of ether oxygens (including phenoxy) is 1. The van der Waals surface area contributed by atoms with Gasteiger partial charge in [-0.3, -0.25) is 9.40 Å². The number of carbonyl (C=O) groups is 1. The molecule has 0 aliphatic carbocycles. The molecule has 1 aliphatic rings. The number of H-pyrrole nitrogens is 1. The fourth-order valence-electron chi connectivity index (χ4n) is 3.99. The lowest BCUT2D eigenvalue weighted by Crippen LogP contribution is -2.21. The van der Waals surface area contributed by atoms with Gasteiger partial charge >= 0.3 is 5.97 Å². The zero-order valence-corrected chi connectivity index (χ0v) is 23.7. The van der Waals surface area contributed by atoms with Crippen LogP contribution in [0.2, 0.25) is 0 Å². The number of anilines is 1. The summed E-state index contributed by atoms with van der Waals surface area (Å²) in [4.78, 5) is 16.5. The van der Waals surface area contributed by atoms with E-state index in [2.05, 4.69) is 21.7 Å². The number of carbonyl (C=O) groups excluding carboxylic acids is 1. The second-order valence-corrected chi connectivity index (χ2v) is 10.3. The second kappa shape index (κ2) is 12.2.